The van der Waals surface area contributed by atoms with Crippen molar-refractivity contribution in [3.8, 4) is 11.5 Å². The van der Waals surface area contributed by atoms with Gasteiger partial charge in [0.15, 0.2) is 11.6 Å². The number of nitrogens with one attached hydrogen (secondary N) is 1. The number of ether oxygens (including phenoxy) is 2. The van der Waals surface area contributed by atoms with Crippen LogP contribution in [0.5, 0.6) is 11.5 Å². The molecule has 2 heterocycles. The number of hydrazone groups is 1. The molecule has 0 radical (unpaired) electrons. The summed E-state index contributed by atoms with van der Waals surface area (Å²) >= 11 is 0. The Labute approximate surface area is 210 Å². The summed E-state index contributed by atoms with van der Waals surface area (Å²) in [5.41, 5.74) is -0.289. The minimum atomic E-state index is -4.95. The highest BCUT2D eigenvalue weighted by atomic mass is 19.3. The third-order valence-electron chi connectivity index (χ3n) is 5.95. The maximum absolute atomic E-state index is 14.3. The fourth-order valence-electron chi connectivity index (χ4n) is 4.18. The van der Waals surface area contributed by atoms with Crippen molar-refractivity contribution in [1.82, 2.24) is 5.01 Å². The fraction of sp³-hybridized carbons (Fsp3) is 0.200. The van der Waals surface area contributed by atoms with E-state index in [4.69, 9.17) is 0 Å². The summed E-state index contributed by atoms with van der Waals surface area (Å²) in [6.45, 7) is -3.03. The molecular formula is C25H16F7N3O3. The van der Waals surface area contributed by atoms with Gasteiger partial charge in [0.05, 0.1) is 17.8 Å². The molecule has 1 N–H and O–H groups in total. The Hall–Kier alpha value is -4.29. The molecule has 2 aliphatic heterocycles. The van der Waals surface area contributed by atoms with Gasteiger partial charge in [0.25, 0.3) is 0 Å². The van der Waals surface area contributed by atoms with E-state index in [-0.39, 0.29) is 12.3 Å². The zero-order valence-corrected chi connectivity index (χ0v) is 19.0. The largest absolute Gasteiger partial charge is 0.469 e. The molecule has 0 saturated carbocycles. The van der Waals surface area contributed by atoms with Crippen molar-refractivity contribution >= 4 is 17.4 Å². The van der Waals surface area contributed by atoms with Crippen LogP contribution in [0.25, 0.3) is 0 Å². The van der Waals surface area contributed by atoms with E-state index >= 15 is 0 Å². The van der Waals surface area contributed by atoms with Gasteiger partial charge in [-0.1, -0.05) is 30.3 Å². The van der Waals surface area contributed by atoms with Crippen molar-refractivity contribution in [1.29, 1.82) is 0 Å². The first kappa shape index (κ1) is 25.4. The first-order valence-electron chi connectivity index (χ1n) is 11.0. The van der Waals surface area contributed by atoms with Crippen LogP contribution in [-0.2, 0) is 5.92 Å². The zero-order chi connectivity index (χ0) is 27.2. The predicted molar refractivity (Wildman–Crippen MR) is 120 cm³/mol. The lowest BCUT2D eigenvalue weighted by Crippen LogP contribution is -2.37. The summed E-state index contributed by atoms with van der Waals surface area (Å²) < 4.78 is 103. The van der Waals surface area contributed by atoms with Crippen molar-refractivity contribution in [3.05, 3.63) is 89.2 Å². The average Bonchev–Trinajstić information content (AvgIpc) is 3.38. The van der Waals surface area contributed by atoms with Gasteiger partial charge in [0, 0.05) is 17.7 Å². The van der Waals surface area contributed by atoms with Crippen LogP contribution in [0.3, 0.4) is 0 Å². The Morgan fingerprint density at radius 2 is 1.74 bits per heavy atom. The Balaban J connectivity index is 1.43. The molecule has 1 atom stereocenters. The Morgan fingerprint density at radius 3 is 2.39 bits per heavy atom. The summed E-state index contributed by atoms with van der Waals surface area (Å²) in [5.74, 6) is -8.19. The number of anilines is 1. The van der Waals surface area contributed by atoms with E-state index in [1.165, 1.54) is 24.3 Å². The number of fused-ring (bicyclic) bond motifs is 1. The number of carbonyl (C=O) groups excluding carboxylic acids is 1. The molecule has 6 nitrogen and oxygen atoms in total. The predicted octanol–water partition coefficient (Wildman–Crippen LogP) is 6.54. The van der Waals surface area contributed by atoms with E-state index in [1.807, 2.05) is 0 Å². The van der Waals surface area contributed by atoms with E-state index in [2.05, 4.69) is 19.9 Å². The molecule has 5 rings (SSSR count). The van der Waals surface area contributed by atoms with Gasteiger partial charge in [-0.2, -0.15) is 31.4 Å². The molecule has 0 aromatic heterocycles. The number of nitrogens with zero attached hydrogens (tertiary/aromatic N) is 2. The standard InChI is InChI=1S/C25H16F7N3O3/c26-19-11-15(10-18-21(19)38-25(31,32)24(18,29)30)33-23(36)35-12-17(13-4-2-1-3-5-13)20(34-35)14-6-8-16(9-7-14)37-22(27)28/h1-11,17,22H,12H2,(H,33,36). The number of amides is 2. The molecular weight excluding hydrogens is 523 g/mol. The van der Waals surface area contributed by atoms with E-state index in [0.29, 0.717) is 23.4 Å². The molecule has 0 bridgehead atoms. The number of hydrogen-bond donors (Lipinski definition) is 1. The third kappa shape index (κ3) is 4.48. The molecule has 0 spiro atoms. The topological polar surface area (TPSA) is 63.2 Å². The monoisotopic (exact) mass is 539 g/mol. The fourth-order valence-corrected chi connectivity index (χ4v) is 4.18. The number of rotatable bonds is 5. The second-order valence-electron chi connectivity index (χ2n) is 8.39. The number of carbonyl (C=O) groups is 1. The summed E-state index contributed by atoms with van der Waals surface area (Å²) in [4.78, 5) is 13.0. The second-order valence-corrected chi connectivity index (χ2v) is 8.39. The van der Waals surface area contributed by atoms with Gasteiger partial charge >= 0.3 is 24.7 Å². The van der Waals surface area contributed by atoms with Crippen LogP contribution in [-0.4, -0.2) is 36.0 Å². The third-order valence-corrected chi connectivity index (χ3v) is 5.95. The van der Waals surface area contributed by atoms with Gasteiger partial charge in [0.2, 0.25) is 0 Å². The lowest BCUT2D eigenvalue weighted by atomic mass is 9.90. The summed E-state index contributed by atoms with van der Waals surface area (Å²) in [6.07, 6.45) is -4.95. The van der Waals surface area contributed by atoms with E-state index < -0.39 is 53.4 Å². The smallest absolute Gasteiger partial charge is 0.435 e. The minimum Gasteiger partial charge on any atom is -0.435 e. The van der Waals surface area contributed by atoms with Gasteiger partial charge < -0.3 is 14.8 Å². The normalized spacial score (nSPS) is 19.1. The Kier molecular flexibility index (Phi) is 6.16. The highest BCUT2D eigenvalue weighted by Crippen LogP contribution is 2.54. The van der Waals surface area contributed by atoms with Crippen LogP contribution >= 0.6 is 0 Å². The van der Waals surface area contributed by atoms with Crippen molar-refractivity contribution in [3.63, 3.8) is 0 Å². The van der Waals surface area contributed by atoms with Gasteiger partial charge in [-0.15, -0.1) is 0 Å². The average molecular weight is 539 g/mol. The Morgan fingerprint density at radius 1 is 1.05 bits per heavy atom. The van der Waals surface area contributed by atoms with Crippen molar-refractivity contribution in [2.75, 3.05) is 11.9 Å². The lowest BCUT2D eigenvalue weighted by Gasteiger charge is -2.17. The zero-order valence-electron chi connectivity index (χ0n) is 19.0. The number of hydrogen-bond acceptors (Lipinski definition) is 4. The number of alkyl halides is 6. The second kappa shape index (κ2) is 9.23. The van der Waals surface area contributed by atoms with Crippen molar-refractivity contribution < 1.29 is 45.0 Å². The van der Waals surface area contributed by atoms with Gasteiger partial charge in [-0.25, -0.2) is 14.2 Å². The molecule has 0 saturated heterocycles. The molecule has 3 aromatic carbocycles. The van der Waals surface area contributed by atoms with Gasteiger partial charge in [0.1, 0.15) is 5.75 Å². The maximum Gasteiger partial charge on any atom is 0.469 e. The van der Waals surface area contributed by atoms with Crippen molar-refractivity contribution in [2.24, 2.45) is 5.10 Å². The van der Waals surface area contributed by atoms with Crippen LogP contribution in [0.1, 0.15) is 22.6 Å². The van der Waals surface area contributed by atoms with E-state index in [0.717, 1.165) is 10.6 Å². The SMILES string of the molecule is O=C(Nc1cc(F)c2c(c1)C(F)(F)C(F)(F)O2)N1CC(c2ccccc2)C(c2ccc(OC(F)F)cc2)=N1. The number of benzene rings is 3. The van der Waals surface area contributed by atoms with Crippen LogP contribution in [0, 0.1) is 5.82 Å². The van der Waals surface area contributed by atoms with Crippen LogP contribution in [0.2, 0.25) is 0 Å². The van der Waals surface area contributed by atoms with Crippen LogP contribution in [0.4, 0.5) is 41.2 Å². The van der Waals surface area contributed by atoms with Crippen molar-refractivity contribution in [2.45, 2.75) is 24.6 Å². The molecule has 1 unspecified atom stereocenters. The molecule has 2 amide bonds. The summed E-state index contributed by atoms with van der Waals surface area (Å²) in [6, 6.07) is 14.6. The van der Waals surface area contributed by atoms with E-state index in [9.17, 15) is 35.5 Å². The molecule has 0 aliphatic carbocycles. The van der Waals surface area contributed by atoms with Crippen LogP contribution in [0.15, 0.2) is 71.8 Å². The van der Waals surface area contributed by atoms with Crippen LogP contribution < -0.4 is 14.8 Å². The summed E-state index contributed by atoms with van der Waals surface area (Å²) in [5, 5.41) is 7.47. The molecule has 0 fully saturated rings. The molecule has 3 aromatic rings. The molecule has 198 valence electrons. The minimum absolute atomic E-state index is 0.0226. The molecule has 2 aliphatic rings. The summed E-state index contributed by atoms with van der Waals surface area (Å²) in [7, 11) is 0. The molecule has 38 heavy (non-hydrogen) atoms. The van der Waals surface area contributed by atoms with Gasteiger partial charge in [-0.05, 0) is 41.5 Å². The Bertz CT molecular complexity index is 1400. The number of halogens is 7. The lowest BCUT2D eigenvalue weighted by molar-refractivity contribution is -0.296. The first-order chi connectivity index (χ1) is 18.0. The highest BCUT2D eigenvalue weighted by Gasteiger charge is 2.67. The van der Waals surface area contributed by atoms with Gasteiger partial charge in [-0.3, -0.25) is 0 Å². The maximum atomic E-state index is 14.3. The molecule has 13 heteroatoms. The number of urea groups is 1. The van der Waals surface area contributed by atoms with E-state index in [1.54, 1.807) is 30.3 Å². The quantitative estimate of drug-likeness (QED) is 0.375. The first-order valence-corrected chi connectivity index (χ1v) is 11.0. The highest BCUT2D eigenvalue weighted by molar-refractivity contribution is 6.08.